The first-order valence-corrected chi connectivity index (χ1v) is 5.62. The number of ether oxygens (including phenoxy) is 2. The Bertz CT molecular complexity index is 684. The molecule has 5 nitrogen and oxygen atoms in total. The maximum Gasteiger partial charge on any atom is 0.247 e. The topological polar surface area (TPSA) is 61.3 Å². The van der Waals surface area contributed by atoms with Gasteiger partial charge in [0.15, 0.2) is 23.1 Å². The normalized spacial score (nSPS) is 10.3. The molecule has 0 bridgehead atoms. The van der Waals surface area contributed by atoms with Crippen molar-refractivity contribution in [1.82, 2.24) is 9.97 Å². The molecule has 1 aromatic carbocycles. The van der Waals surface area contributed by atoms with E-state index in [2.05, 4.69) is 9.97 Å². The van der Waals surface area contributed by atoms with Crippen molar-refractivity contribution in [2.24, 2.45) is 0 Å². The number of methoxy groups -OCH3 is 2. The molecule has 0 aliphatic heterocycles. The molecule has 2 rings (SSSR count). The van der Waals surface area contributed by atoms with Crippen molar-refractivity contribution in [1.29, 1.82) is 0 Å². The smallest absolute Gasteiger partial charge is 0.247 e. The summed E-state index contributed by atoms with van der Waals surface area (Å²) in [5.74, 6) is -5.54. The Hall–Kier alpha value is -2.64. The largest absolute Gasteiger partial charge is 0.480 e. The van der Waals surface area contributed by atoms with Gasteiger partial charge in [0.25, 0.3) is 0 Å². The summed E-state index contributed by atoms with van der Waals surface area (Å²) < 4.78 is 48.9. The molecule has 1 aromatic heterocycles. The molecule has 0 aliphatic rings. The summed E-state index contributed by atoms with van der Waals surface area (Å²) in [6.07, 6.45) is 1.14. The second-order valence-electron chi connectivity index (χ2n) is 3.85. The standard InChI is InChI=1S/C13H9F3N2O3/c1-20-9-5-17-11(13(18-9)21-2)12(19)6-3-7(14)10(16)8(15)4-6/h3-5H,1-2H3. The van der Waals surface area contributed by atoms with Crippen molar-refractivity contribution >= 4 is 5.78 Å². The summed E-state index contributed by atoms with van der Waals surface area (Å²) in [7, 11) is 2.59. The van der Waals surface area contributed by atoms with E-state index in [9.17, 15) is 18.0 Å². The van der Waals surface area contributed by atoms with E-state index in [-0.39, 0.29) is 17.5 Å². The molecule has 0 fully saturated rings. The van der Waals surface area contributed by atoms with Crippen LogP contribution < -0.4 is 9.47 Å². The van der Waals surface area contributed by atoms with E-state index in [1.165, 1.54) is 14.2 Å². The van der Waals surface area contributed by atoms with Crippen LogP contribution in [0, 0.1) is 17.5 Å². The van der Waals surface area contributed by atoms with Gasteiger partial charge in [0.2, 0.25) is 17.5 Å². The number of carbonyl (C=O) groups is 1. The number of aromatic nitrogens is 2. The highest BCUT2D eigenvalue weighted by molar-refractivity contribution is 6.09. The summed E-state index contributed by atoms with van der Waals surface area (Å²) >= 11 is 0. The molecule has 8 heteroatoms. The van der Waals surface area contributed by atoms with Gasteiger partial charge < -0.3 is 9.47 Å². The lowest BCUT2D eigenvalue weighted by Gasteiger charge is -2.07. The van der Waals surface area contributed by atoms with Gasteiger partial charge in [-0.1, -0.05) is 0 Å². The molecule has 0 saturated carbocycles. The Morgan fingerprint density at radius 1 is 1.10 bits per heavy atom. The highest BCUT2D eigenvalue weighted by Crippen LogP contribution is 2.22. The van der Waals surface area contributed by atoms with Crippen LogP contribution in [0.3, 0.4) is 0 Å². The van der Waals surface area contributed by atoms with Gasteiger partial charge in [-0.3, -0.25) is 4.79 Å². The van der Waals surface area contributed by atoms with Crippen LogP contribution in [0.1, 0.15) is 16.1 Å². The third kappa shape index (κ3) is 2.78. The first-order chi connectivity index (χ1) is 9.97. The second-order valence-corrected chi connectivity index (χ2v) is 3.85. The predicted octanol–water partition coefficient (Wildman–Crippen LogP) is 2.14. The zero-order valence-corrected chi connectivity index (χ0v) is 11.0. The Labute approximate surface area is 117 Å². The van der Waals surface area contributed by atoms with Gasteiger partial charge in [0, 0.05) is 5.56 Å². The quantitative estimate of drug-likeness (QED) is 0.639. The van der Waals surface area contributed by atoms with Crippen molar-refractivity contribution in [2.45, 2.75) is 0 Å². The lowest BCUT2D eigenvalue weighted by Crippen LogP contribution is -2.10. The van der Waals surface area contributed by atoms with E-state index in [0.29, 0.717) is 12.1 Å². The molecule has 0 N–H and O–H groups in total. The average Bonchev–Trinajstić information content (AvgIpc) is 2.50. The van der Waals surface area contributed by atoms with E-state index < -0.39 is 28.8 Å². The van der Waals surface area contributed by atoms with Crippen molar-refractivity contribution < 1.29 is 27.4 Å². The second kappa shape index (κ2) is 5.78. The zero-order chi connectivity index (χ0) is 15.6. The van der Waals surface area contributed by atoms with E-state index in [1.807, 2.05) is 0 Å². The number of ketones is 1. The Kier molecular flexibility index (Phi) is 4.06. The van der Waals surface area contributed by atoms with Crippen LogP contribution in [-0.2, 0) is 0 Å². The summed E-state index contributed by atoms with van der Waals surface area (Å²) in [5.41, 5.74) is -0.687. The van der Waals surface area contributed by atoms with Crippen LogP contribution in [0.5, 0.6) is 11.8 Å². The highest BCUT2D eigenvalue weighted by atomic mass is 19.2. The Morgan fingerprint density at radius 3 is 2.24 bits per heavy atom. The van der Waals surface area contributed by atoms with Crippen molar-refractivity contribution in [3.63, 3.8) is 0 Å². The molecule has 21 heavy (non-hydrogen) atoms. The lowest BCUT2D eigenvalue weighted by molar-refractivity contribution is 0.102. The summed E-state index contributed by atoms with van der Waals surface area (Å²) in [5, 5.41) is 0. The molecule has 0 atom stereocenters. The third-order valence-electron chi connectivity index (χ3n) is 2.58. The van der Waals surface area contributed by atoms with Crippen LogP contribution in [-0.4, -0.2) is 30.0 Å². The predicted molar refractivity (Wildman–Crippen MR) is 64.9 cm³/mol. The van der Waals surface area contributed by atoms with Crippen LogP contribution >= 0.6 is 0 Å². The summed E-state index contributed by atoms with van der Waals surface area (Å²) in [6.45, 7) is 0. The molecule has 0 amide bonds. The van der Waals surface area contributed by atoms with E-state index in [4.69, 9.17) is 9.47 Å². The minimum Gasteiger partial charge on any atom is -0.480 e. The van der Waals surface area contributed by atoms with E-state index in [1.54, 1.807) is 0 Å². The Balaban J connectivity index is 2.49. The fourth-order valence-electron chi connectivity index (χ4n) is 1.58. The van der Waals surface area contributed by atoms with Gasteiger partial charge in [0.1, 0.15) is 0 Å². The van der Waals surface area contributed by atoms with Gasteiger partial charge in [0.05, 0.1) is 20.4 Å². The van der Waals surface area contributed by atoms with Crippen molar-refractivity contribution in [2.75, 3.05) is 14.2 Å². The van der Waals surface area contributed by atoms with Gasteiger partial charge >= 0.3 is 0 Å². The number of hydrogen-bond acceptors (Lipinski definition) is 5. The van der Waals surface area contributed by atoms with Crippen molar-refractivity contribution in [3.8, 4) is 11.8 Å². The maximum absolute atomic E-state index is 13.2. The highest BCUT2D eigenvalue weighted by Gasteiger charge is 2.21. The van der Waals surface area contributed by atoms with E-state index in [0.717, 1.165) is 6.20 Å². The molecule has 0 spiro atoms. The molecule has 0 aliphatic carbocycles. The van der Waals surface area contributed by atoms with Gasteiger partial charge in [-0.15, -0.1) is 0 Å². The average molecular weight is 298 g/mol. The van der Waals surface area contributed by atoms with E-state index >= 15 is 0 Å². The molecule has 1 heterocycles. The third-order valence-corrected chi connectivity index (χ3v) is 2.58. The van der Waals surface area contributed by atoms with Crippen LogP contribution in [0.25, 0.3) is 0 Å². The molecular weight excluding hydrogens is 289 g/mol. The van der Waals surface area contributed by atoms with Gasteiger partial charge in [-0.2, -0.15) is 4.98 Å². The number of hydrogen-bond donors (Lipinski definition) is 0. The Morgan fingerprint density at radius 2 is 1.71 bits per heavy atom. The first kappa shape index (κ1) is 14.8. The first-order valence-electron chi connectivity index (χ1n) is 5.62. The molecule has 0 radical (unpaired) electrons. The van der Waals surface area contributed by atoms with Gasteiger partial charge in [-0.25, -0.2) is 18.2 Å². The number of nitrogens with zero attached hydrogens (tertiary/aromatic N) is 2. The fraction of sp³-hybridized carbons (Fsp3) is 0.154. The monoisotopic (exact) mass is 298 g/mol. The minimum atomic E-state index is -1.65. The molecule has 2 aromatic rings. The van der Waals surface area contributed by atoms with Crippen LogP contribution in [0.15, 0.2) is 18.3 Å². The number of carbonyl (C=O) groups excluding carboxylic acids is 1. The minimum absolute atomic E-state index is 0.0971. The maximum atomic E-state index is 13.2. The van der Waals surface area contributed by atoms with Crippen molar-refractivity contribution in [3.05, 3.63) is 47.0 Å². The molecular formula is C13H9F3N2O3. The fourth-order valence-corrected chi connectivity index (χ4v) is 1.58. The number of benzene rings is 1. The summed E-state index contributed by atoms with van der Waals surface area (Å²) in [4.78, 5) is 19.8. The van der Waals surface area contributed by atoms with Gasteiger partial charge in [-0.05, 0) is 12.1 Å². The molecule has 110 valence electrons. The number of rotatable bonds is 4. The zero-order valence-electron chi connectivity index (χ0n) is 11.0. The molecule has 0 unspecified atom stereocenters. The van der Waals surface area contributed by atoms with Crippen LogP contribution in [0.2, 0.25) is 0 Å². The summed E-state index contributed by atoms with van der Waals surface area (Å²) in [6, 6.07) is 1.15. The SMILES string of the molecule is COc1cnc(C(=O)c2cc(F)c(F)c(F)c2)c(OC)n1. The number of halogens is 3. The van der Waals surface area contributed by atoms with Crippen LogP contribution in [0.4, 0.5) is 13.2 Å². The molecule has 0 saturated heterocycles. The lowest BCUT2D eigenvalue weighted by atomic mass is 10.1.